The molecule has 0 aliphatic heterocycles. The predicted octanol–water partition coefficient (Wildman–Crippen LogP) is 2.57. The highest BCUT2D eigenvalue weighted by atomic mass is 19.1. The van der Waals surface area contributed by atoms with E-state index in [2.05, 4.69) is 5.10 Å². The minimum atomic E-state index is -0.656. The number of carbonyl (C=O) groups is 1. The van der Waals surface area contributed by atoms with E-state index in [9.17, 15) is 9.18 Å². The van der Waals surface area contributed by atoms with Crippen LogP contribution >= 0.6 is 0 Å². The molecule has 0 fully saturated rings. The van der Waals surface area contributed by atoms with Crippen molar-refractivity contribution in [3.63, 3.8) is 0 Å². The Morgan fingerprint density at radius 2 is 1.90 bits per heavy atom. The Hall–Kier alpha value is -2.89. The molecule has 2 aromatic heterocycles. The molecule has 1 aromatic carbocycles. The summed E-state index contributed by atoms with van der Waals surface area (Å²) >= 11 is 0. The van der Waals surface area contributed by atoms with Crippen molar-refractivity contribution in [3.8, 4) is 11.6 Å². The zero-order valence-electron chi connectivity index (χ0n) is 11.2. The van der Waals surface area contributed by atoms with E-state index < -0.39 is 11.8 Å². The van der Waals surface area contributed by atoms with Gasteiger partial charge in [0.25, 0.3) is 0 Å². The fourth-order valence-corrected chi connectivity index (χ4v) is 2.04. The number of ether oxygens (including phenoxy) is 1. The lowest BCUT2D eigenvalue weighted by atomic mass is 10.3. The third-order valence-electron chi connectivity index (χ3n) is 3.02. The molecule has 0 amide bonds. The Labute approximate surface area is 120 Å². The summed E-state index contributed by atoms with van der Waals surface area (Å²) in [7, 11) is 1.72. The van der Waals surface area contributed by atoms with Gasteiger partial charge in [0.1, 0.15) is 11.4 Å². The van der Waals surface area contributed by atoms with Gasteiger partial charge in [-0.2, -0.15) is 5.10 Å². The molecule has 106 valence electrons. The van der Waals surface area contributed by atoms with Crippen LogP contribution in [0, 0.1) is 5.82 Å². The van der Waals surface area contributed by atoms with Crippen molar-refractivity contribution in [1.82, 2.24) is 14.3 Å². The Kier molecular flexibility index (Phi) is 3.27. The van der Waals surface area contributed by atoms with Crippen LogP contribution in [0.1, 0.15) is 10.4 Å². The number of rotatable bonds is 3. The molecule has 0 aliphatic rings. The summed E-state index contributed by atoms with van der Waals surface area (Å²) in [6.07, 6.45) is 4.98. The standard InChI is InChI=1S/C15H12FN3O2/c1-18-14(19-8-4-5-9-19)11(10-17-18)15(20)21-13-7-3-2-6-12(13)16/h2-10H,1H3. The summed E-state index contributed by atoms with van der Waals surface area (Å²) < 4.78 is 21.9. The highest BCUT2D eigenvalue weighted by Gasteiger charge is 2.20. The van der Waals surface area contributed by atoms with E-state index in [1.807, 2.05) is 12.1 Å². The summed E-state index contributed by atoms with van der Waals surface area (Å²) in [5, 5.41) is 4.06. The van der Waals surface area contributed by atoms with Crippen molar-refractivity contribution in [1.29, 1.82) is 0 Å². The maximum absolute atomic E-state index is 13.5. The maximum Gasteiger partial charge on any atom is 0.349 e. The number of aromatic nitrogens is 3. The van der Waals surface area contributed by atoms with E-state index in [4.69, 9.17) is 4.74 Å². The highest BCUT2D eigenvalue weighted by molar-refractivity contribution is 5.94. The van der Waals surface area contributed by atoms with E-state index in [0.717, 1.165) is 0 Å². The number of carbonyl (C=O) groups excluding carboxylic acids is 1. The van der Waals surface area contributed by atoms with Crippen molar-refractivity contribution >= 4 is 5.97 Å². The SMILES string of the molecule is Cn1ncc(C(=O)Oc2ccccc2F)c1-n1cccc1. The van der Waals surface area contributed by atoms with Crippen molar-refractivity contribution < 1.29 is 13.9 Å². The van der Waals surface area contributed by atoms with Crippen molar-refractivity contribution in [2.75, 3.05) is 0 Å². The molecular weight excluding hydrogens is 273 g/mol. The van der Waals surface area contributed by atoms with Crippen LogP contribution in [0.4, 0.5) is 4.39 Å². The minimum absolute atomic E-state index is 0.107. The molecule has 0 saturated heterocycles. The van der Waals surface area contributed by atoms with Crippen LogP contribution < -0.4 is 4.74 Å². The van der Waals surface area contributed by atoms with Crippen LogP contribution in [0.2, 0.25) is 0 Å². The van der Waals surface area contributed by atoms with Crippen LogP contribution in [-0.4, -0.2) is 20.3 Å². The van der Waals surface area contributed by atoms with Gasteiger partial charge in [-0.25, -0.2) is 9.18 Å². The van der Waals surface area contributed by atoms with Crippen molar-refractivity contribution in [3.05, 3.63) is 66.4 Å². The zero-order chi connectivity index (χ0) is 14.8. The van der Waals surface area contributed by atoms with E-state index in [-0.39, 0.29) is 11.3 Å². The number of halogens is 1. The highest BCUT2D eigenvalue weighted by Crippen LogP contribution is 2.20. The lowest BCUT2D eigenvalue weighted by Crippen LogP contribution is -2.13. The van der Waals surface area contributed by atoms with E-state index in [1.54, 1.807) is 34.8 Å². The number of para-hydroxylation sites is 1. The zero-order valence-corrected chi connectivity index (χ0v) is 11.2. The van der Waals surface area contributed by atoms with Gasteiger partial charge in [-0.15, -0.1) is 0 Å². The Bertz CT molecular complexity index is 778. The molecule has 2 heterocycles. The fourth-order valence-electron chi connectivity index (χ4n) is 2.04. The molecule has 3 rings (SSSR count). The van der Waals surface area contributed by atoms with Crippen molar-refractivity contribution in [2.24, 2.45) is 7.05 Å². The lowest BCUT2D eigenvalue weighted by Gasteiger charge is -2.08. The average molecular weight is 285 g/mol. The number of aryl methyl sites for hydroxylation is 1. The molecule has 6 heteroatoms. The quantitative estimate of drug-likeness (QED) is 0.549. The molecule has 3 aromatic rings. The molecule has 0 bridgehead atoms. The number of hydrogen-bond acceptors (Lipinski definition) is 3. The van der Waals surface area contributed by atoms with E-state index in [0.29, 0.717) is 5.82 Å². The van der Waals surface area contributed by atoms with Gasteiger partial charge in [0.15, 0.2) is 11.6 Å². The first-order valence-corrected chi connectivity index (χ1v) is 6.29. The van der Waals surface area contributed by atoms with Crippen LogP contribution in [0.15, 0.2) is 55.0 Å². The predicted molar refractivity (Wildman–Crippen MR) is 73.9 cm³/mol. The topological polar surface area (TPSA) is 49.1 Å². The first kappa shape index (κ1) is 13.1. The molecule has 0 aliphatic carbocycles. The molecule has 0 saturated carbocycles. The van der Waals surface area contributed by atoms with E-state index >= 15 is 0 Å². The summed E-state index contributed by atoms with van der Waals surface area (Å²) in [6, 6.07) is 9.43. The smallest absolute Gasteiger partial charge is 0.349 e. The van der Waals surface area contributed by atoms with Gasteiger partial charge in [0.05, 0.1) is 6.20 Å². The second-order valence-electron chi connectivity index (χ2n) is 4.42. The number of benzene rings is 1. The number of hydrogen-bond donors (Lipinski definition) is 0. The summed E-state index contributed by atoms with van der Waals surface area (Å²) in [4.78, 5) is 12.2. The molecule has 0 atom stereocenters. The molecule has 21 heavy (non-hydrogen) atoms. The molecule has 0 radical (unpaired) electrons. The summed E-state index contributed by atoms with van der Waals surface area (Å²) in [6.45, 7) is 0. The van der Waals surface area contributed by atoms with Gasteiger partial charge < -0.3 is 9.30 Å². The Balaban J connectivity index is 1.95. The van der Waals surface area contributed by atoms with Gasteiger partial charge in [-0.1, -0.05) is 12.1 Å². The maximum atomic E-state index is 13.5. The lowest BCUT2D eigenvalue weighted by molar-refractivity contribution is 0.0728. The third kappa shape index (κ3) is 2.43. The van der Waals surface area contributed by atoms with E-state index in [1.165, 1.54) is 24.4 Å². The normalized spacial score (nSPS) is 10.6. The summed E-state index contributed by atoms with van der Waals surface area (Å²) in [5.41, 5.74) is 0.261. The van der Waals surface area contributed by atoms with Crippen LogP contribution in [0.3, 0.4) is 0 Å². The van der Waals surface area contributed by atoms with Crippen LogP contribution in [0.5, 0.6) is 5.75 Å². The van der Waals surface area contributed by atoms with Crippen LogP contribution in [0.25, 0.3) is 5.82 Å². The molecule has 0 spiro atoms. The Morgan fingerprint density at radius 3 is 2.62 bits per heavy atom. The molecular formula is C15H12FN3O2. The molecule has 0 N–H and O–H groups in total. The monoisotopic (exact) mass is 285 g/mol. The first-order valence-electron chi connectivity index (χ1n) is 6.29. The summed E-state index contributed by atoms with van der Waals surface area (Å²) in [5.74, 6) is -0.791. The Morgan fingerprint density at radius 1 is 1.19 bits per heavy atom. The first-order chi connectivity index (χ1) is 10.2. The van der Waals surface area contributed by atoms with Gasteiger partial charge in [-0.05, 0) is 24.3 Å². The van der Waals surface area contributed by atoms with Gasteiger partial charge >= 0.3 is 5.97 Å². The van der Waals surface area contributed by atoms with Crippen molar-refractivity contribution in [2.45, 2.75) is 0 Å². The minimum Gasteiger partial charge on any atom is -0.420 e. The molecule has 0 unspecified atom stereocenters. The largest absolute Gasteiger partial charge is 0.420 e. The number of esters is 1. The second kappa shape index (κ2) is 5.24. The van der Waals surface area contributed by atoms with Crippen LogP contribution in [-0.2, 0) is 7.05 Å². The van der Waals surface area contributed by atoms with Gasteiger partial charge in [0, 0.05) is 19.4 Å². The van der Waals surface area contributed by atoms with Gasteiger partial charge in [0.2, 0.25) is 0 Å². The van der Waals surface area contributed by atoms with Gasteiger partial charge in [-0.3, -0.25) is 4.68 Å². The third-order valence-corrected chi connectivity index (χ3v) is 3.02. The molecule has 5 nitrogen and oxygen atoms in total. The average Bonchev–Trinajstić information content (AvgIpc) is 3.10. The fraction of sp³-hybridized carbons (Fsp3) is 0.0667. The number of nitrogens with zero attached hydrogens (tertiary/aromatic N) is 3. The second-order valence-corrected chi connectivity index (χ2v) is 4.42.